The first-order valence-electron chi connectivity index (χ1n) is 10.2. The van der Waals surface area contributed by atoms with Gasteiger partial charge in [0.05, 0.1) is 12.6 Å². The highest BCUT2D eigenvalue weighted by Crippen LogP contribution is 2.53. The van der Waals surface area contributed by atoms with Crippen LogP contribution in [0.25, 0.3) is 0 Å². The molecule has 5 nitrogen and oxygen atoms in total. The molecule has 0 bridgehead atoms. The van der Waals surface area contributed by atoms with E-state index in [2.05, 4.69) is 46.6 Å². The summed E-state index contributed by atoms with van der Waals surface area (Å²) in [6, 6.07) is 6.60. The maximum absolute atomic E-state index is 6.79. The summed E-state index contributed by atoms with van der Waals surface area (Å²) in [5, 5.41) is 0. The van der Waals surface area contributed by atoms with Crippen LogP contribution in [0.3, 0.4) is 0 Å². The lowest BCUT2D eigenvalue weighted by atomic mass is 9.70. The standard InChI is InChI=1S/C22H29N3O2/c1-16-5-6-17-19(14-16)27-22(18-4-3-13-26-21(17)18)7-10-25(11-8-22)15-20-23-9-12-24(20)2/h5-6,9,12,14,18,21H,3-4,7-8,10-11,13,15H2,1-2H3/t18-,21+/m0/s1. The number of likely N-dealkylation sites (tertiary alicyclic amines) is 1. The summed E-state index contributed by atoms with van der Waals surface area (Å²) >= 11 is 0. The Hall–Kier alpha value is -1.85. The molecule has 0 aliphatic carbocycles. The number of ether oxygens (including phenoxy) is 2. The van der Waals surface area contributed by atoms with Crippen molar-refractivity contribution in [2.45, 2.75) is 50.9 Å². The van der Waals surface area contributed by atoms with E-state index >= 15 is 0 Å². The molecule has 1 aromatic heterocycles. The van der Waals surface area contributed by atoms with Crippen molar-refractivity contribution in [2.24, 2.45) is 13.0 Å². The average molecular weight is 367 g/mol. The fraction of sp³-hybridized carbons (Fsp3) is 0.591. The SMILES string of the molecule is Cc1ccc2c(c1)OC1(CCN(Cc3nccn3C)CC1)[C@H]1CCCO[C@H]21. The van der Waals surface area contributed by atoms with E-state index < -0.39 is 0 Å². The second-order valence-corrected chi connectivity index (χ2v) is 8.48. The Kier molecular flexibility index (Phi) is 4.25. The second-order valence-electron chi connectivity index (χ2n) is 8.48. The van der Waals surface area contributed by atoms with Crippen LogP contribution in [0, 0.1) is 12.8 Å². The van der Waals surface area contributed by atoms with Gasteiger partial charge >= 0.3 is 0 Å². The van der Waals surface area contributed by atoms with E-state index in [0.717, 1.165) is 57.1 Å². The first kappa shape index (κ1) is 17.3. The second kappa shape index (κ2) is 6.64. The van der Waals surface area contributed by atoms with Gasteiger partial charge in [-0.2, -0.15) is 0 Å². The number of rotatable bonds is 2. The van der Waals surface area contributed by atoms with E-state index in [4.69, 9.17) is 9.47 Å². The van der Waals surface area contributed by atoms with Crippen LogP contribution < -0.4 is 4.74 Å². The fourth-order valence-corrected chi connectivity index (χ4v) is 5.20. The van der Waals surface area contributed by atoms with Crippen LogP contribution in [0.15, 0.2) is 30.6 Å². The van der Waals surface area contributed by atoms with E-state index in [9.17, 15) is 0 Å². The Bertz CT molecular complexity index is 823. The molecule has 4 heterocycles. The molecule has 3 aliphatic heterocycles. The zero-order valence-electron chi connectivity index (χ0n) is 16.4. The van der Waals surface area contributed by atoms with Crippen LogP contribution in [-0.4, -0.2) is 39.7 Å². The first-order chi connectivity index (χ1) is 13.1. The molecule has 5 rings (SSSR count). The van der Waals surface area contributed by atoms with Crippen molar-refractivity contribution in [2.75, 3.05) is 19.7 Å². The molecule has 1 spiro atoms. The summed E-state index contributed by atoms with van der Waals surface area (Å²) in [4.78, 5) is 7.00. The normalized spacial score (nSPS) is 27.0. The average Bonchev–Trinajstić information content (AvgIpc) is 3.08. The molecule has 0 saturated carbocycles. The summed E-state index contributed by atoms with van der Waals surface area (Å²) in [7, 11) is 2.07. The number of fused-ring (bicyclic) bond motifs is 4. The molecule has 0 radical (unpaired) electrons. The molecule has 2 saturated heterocycles. The summed E-state index contributed by atoms with van der Waals surface area (Å²) in [6.45, 7) is 6.03. The lowest BCUT2D eigenvalue weighted by Crippen LogP contribution is -2.57. The van der Waals surface area contributed by atoms with Gasteiger partial charge in [-0.1, -0.05) is 12.1 Å². The van der Waals surface area contributed by atoms with Crippen LogP contribution in [0.2, 0.25) is 0 Å². The third-order valence-corrected chi connectivity index (χ3v) is 6.78. The highest BCUT2D eigenvalue weighted by atomic mass is 16.5. The van der Waals surface area contributed by atoms with Gasteiger partial charge in [-0.15, -0.1) is 0 Å². The molecule has 144 valence electrons. The third-order valence-electron chi connectivity index (χ3n) is 6.78. The van der Waals surface area contributed by atoms with E-state index in [1.165, 1.54) is 17.5 Å². The number of hydrogen-bond acceptors (Lipinski definition) is 4. The monoisotopic (exact) mass is 367 g/mol. The van der Waals surface area contributed by atoms with Gasteiger partial charge in [0.2, 0.25) is 0 Å². The number of benzene rings is 1. The molecular weight excluding hydrogens is 338 g/mol. The van der Waals surface area contributed by atoms with E-state index in [1.807, 2.05) is 12.4 Å². The van der Waals surface area contributed by atoms with Gasteiger partial charge in [0, 0.05) is 63.5 Å². The Balaban J connectivity index is 1.38. The highest BCUT2D eigenvalue weighted by Gasteiger charge is 2.52. The number of aromatic nitrogens is 2. The molecule has 27 heavy (non-hydrogen) atoms. The predicted molar refractivity (Wildman–Crippen MR) is 104 cm³/mol. The van der Waals surface area contributed by atoms with Crippen molar-refractivity contribution in [1.29, 1.82) is 0 Å². The maximum Gasteiger partial charge on any atom is 0.126 e. The molecule has 2 atom stereocenters. The first-order valence-corrected chi connectivity index (χ1v) is 10.2. The minimum absolute atomic E-state index is 0.0793. The number of piperidine rings is 1. The minimum atomic E-state index is -0.0793. The van der Waals surface area contributed by atoms with Gasteiger partial charge in [0.1, 0.15) is 17.2 Å². The van der Waals surface area contributed by atoms with Crippen LogP contribution in [0.4, 0.5) is 0 Å². The zero-order valence-corrected chi connectivity index (χ0v) is 16.4. The summed E-state index contributed by atoms with van der Waals surface area (Å²) in [5.74, 6) is 2.66. The predicted octanol–water partition coefficient (Wildman–Crippen LogP) is 3.62. The highest BCUT2D eigenvalue weighted by molar-refractivity contribution is 5.42. The molecule has 0 unspecified atom stereocenters. The zero-order chi connectivity index (χ0) is 18.4. The number of aryl methyl sites for hydroxylation is 2. The van der Waals surface area contributed by atoms with Gasteiger partial charge in [-0.3, -0.25) is 4.90 Å². The summed E-state index contributed by atoms with van der Waals surface area (Å²) in [5.41, 5.74) is 2.43. The number of nitrogens with zero attached hydrogens (tertiary/aromatic N) is 3. The lowest BCUT2D eigenvalue weighted by Gasteiger charge is -2.53. The van der Waals surface area contributed by atoms with Crippen molar-refractivity contribution < 1.29 is 9.47 Å². The fourth-order valence-electron chi connectivity index (χ4n) is 5.20. The maximum atomic E-state index is 6.79. The molecule has 1 aromatic carbocycles. The molecule has 2 aromatic rings. The van der Waals surface area contributed by atoms with Crippen molar-refractivity contribution in [3.63, 3.8) is 0 Å². The molecule has 0 amide bonds. The summed E-state index contributed by atoms with van der Waals surface area (Å²) < 4.78 is 15.2. The smallest absolute Gasteiger partial charge is 0.126 e. The molecular formula is C22H29N3O2. The van der Waals surface area contributed by atoms with Gasteiger partial charge in [0.15, 0.2) is 0 Å². The number of hydrogen-bond donors (Lipinski definition) is 0. The Labute approximate surface area is 161 Å². The molecule has 0 N–H and O–H groups in total. The Morgan fingerprint density at radius 1 is 1.26 bits per heavy atom. The summed E-state index contributed by atoms with van der Waals surface area (Å²) in [6.07, 6.45) is 8.58. The minimum Gasteiger partial charge on any atom is -0.486 e. The quantitative estimate of drug-likeness (QED) is 0.813. The molecule has 5 heteroatoms. The molecule has 2 fully saturated rings. The van der Waals surface area contributed by atoms with E-state index in [1.54, 1.807) is 0 Å². The van der Waals surface area contributed by atoms with Gasteiger partial charge in [-0.05, 0) is 31.4 Å². The topological polar surface area (TPSA) is 39.5 Å². The Morgan fingerprint density at radius 2 is 2.11 bits per heavy atom. The van der Waals surface area contributed by atoms with Crippen molar-refractivity contribution in [3.05, 3.63) is 47.5 Å². The Morgan fingerprint density at radius 3 is 2.89 bits per heavy atom. The van der Waals surface area contributed by atoms with Gasteiger partial charge in [-0.25, -0.2) is 4.98 Å². The largest absolute Gasteiger partial charge is 0.486 e. The van der Waals surface area contributed by atoms with Gasteiger partial charge < -0.3 is 14.0 Å². The van der Waals surface area contributed by atoms with Crippen molar-refractivity contribution in [3.8, 4) is 5.75 Å². The lowest BCUT2D eigenvalue weighted by molar-refractivity contribution is -0.150. The van der Waals surface area contributed by atoms with Crippen molar-refractivity contribution in [1.82, 2.24) is 14.5 Å². The third kappa shape index (κ3) is 2.97. The van der Waals surface area contributed by atoms with Crippen LogP contribution >= 0.6 is 0 Å². The van der Waals surface area contributed by atoms with Crippen molar-refractivity contribution >= 4 is 0 Å². The van der Waals surface area contributed by atoms with Crippen LogP contribution in [-0.2, 0) is 18.3 Å². The van der Waals surface area contributed by atoms with E-state index in [0.29, 0.717) is 5.92 Å². The van der Waals surface area contributed by atoms with Gasteiger partial charge in [0.25, 0.3) is 0 Å². The van der Waals surface area contributed by atoms with Crippen LogP contribution in [0.1, 0.15) is 48.7 Å². The van der Waals surface area contributed by atoms with E-state index in [-0.39, 0.29) is 11.7 Å². The molecule has 3 aliphatic rings. The van der Waals surface area contributed by atoms with Crippen LogP contribution in [0.5, 0.6) is 5.75 Å². The number of imidazole rings is 1.